The van der Waals surface area contributed by atoms with E-state index >= 15 is 0 Å². The molecule has 0 bridgehead atoms. The SMILES string of the molecule is CC.NOCCN1CCOCC1. The quantitative estimate of drug-likeness (QED) is 0.626. The Labute approximate surface area is 74.6 Å². The third kappa shape index (κ3) is 5.49. The van der Waals surface area contributed by atoms with Crippen LogP contribution in [0.5, 0.6) is 0 Å². The highest BCUT2D eigenvalue weighted by Gasteiger charge is 2.08. The van der Waals surface area contributed by atoms with Gasteiger partial charge >= 0.3 is 0 Å². The number of hydrogen-bond acceptors (Lipinski definition) is 4. The summed E-state index contributed by atoms with van der Waals surface area (Å²) in [7, 11) is 0. The monoisotopic (exact) mass is 176 g/mol. The molecule has 0 aliphatic carbocycles. The van der Waals surface area contributed by atoms with Crippen LogP contribution >= 0.6 is 0 Å². The van der Waals surface area contributed by atoms with Crippen LogP contribution in [-0.4, -0.2) is 44.4 Å². The second-order valence-electron chi connectivity index (χ2n) is 2.32. The van der Waals surface area contributed by atoms with Gasteiger partial charge in [0.15, 0.2) is 0 Å². The van der Waals surface area contributed by atoms with Crippen molar-refractivity contribution in [1.82, 2.24) is 4.90 Å². The van der Waals surface area contributed by atoms with E-state index in [0.717, 1.165) is 32.8 Å². The van der Waals surface area contributed by atoms with E-state index in [-0.39, 0.29) is 0 Å². The summed E-state index contributed by atoms with van der Waals surface area (Å²) in [5, 5.41) is 0. The van der Waals surface area contributed by atoms with E-state index in [9.17, 15) is 0 Å². The molecule has 4 heteroatoms. The van der Waals surface area contributed by atoms with Gasteiger partial charge in [-0.15, -0.1) is 0 Å². The Hall–Kier alpha value is -0.160. The van der Waals surface area contributed by atoms with Gasteiger partial charge in [0.1, 0.15) is 0 Å². The van der Waals surface area contributed by atoms with Gasteiger partial charge in [0, 0.05) is 19.6 Å². The van der Waals surface area contributed by atoms with E-state index < -0.39 is 0 Å². The second-order valence-corrected chi connectivity index (χ2v) is 2.32. The minimum atomic E-state index is 0.611. The van der Waals surface area contributed by atoms with Crippen LogP contribution in [0, 0.1) is 0 Å². The molecule has 1 saturated heterocycles. The van der Waals surface area contributed by atoms with E-state index in [1.54, 1.807) is 0 Å². The minimum Gasteiger partial charge on any atom is -0.379 e. The molecule has 0 aromatic carbocycles. The molecule has 0 atom stereocenters. The molecule has 0 saturated carbocycles. The fourth-order valence-electron chi connectivity index (χ4n) is 1.01. The summed E-state index contributed by atoms with van der Waals surface area (Å²) in [5.74, 6) is 4.89. The summed E-state index contributed by atoms with van der Waals surface area (Å²) in [6, 6.07) is 0. The minimum absolute atomic E-state index is 0.611. The van der Waals surface area contributed by atoms with E-state index in [1.165, 1.54) is 0 Å². The molecule has 1 rings (SSSR count). The lowest BCUT2D eigenvalue weighted by Gasteiger charge is -2.25. The third-order valence-electron chi connectivity index (χ3n) is 1.63. The Bertz CT molecular complexity index is 85.1. The standard InChI is InChI=1S/C6H14N2O2.C2H6/c7-10-6-3-8-1-4-9-5-2-8;1-2/h1-7H2;1-2H3. The number of hydrogen-bond donors (Lipinski definition) is 1. The molecular weight excluding hydrogens is 156 g/mol. The number of nitrogens with zero attached hydrogens (tertiary/aromatic N) is 1. The molecule has 12 heavy (non-hydrogen) atoms. The van der Waals surface area contributed by atoms with Gasteiger partial charge in [-0.2, -0.15) is 0 Å². The maximum atomic E-state index is 5.17. The van der Waals surface area contributed by atoms with Crippen LogP contribution < -0.4 is 5.90 Å². The molecular formula is C8H20N2O2. The topological polar surface area (TPSA) is 47.7 Å². The van der Waals surface area contributed by atoms with Crippen LogP contribution in [0.4, 0.5) is 0 Å². The first kappa shape index (κ1) is 11.8. The summed E-state index contributed by atoms with van der Waals surface area (Å²) in [4.78, 5) is 6.74. The van der Waals surface area contributed by atoms with Crippen LogP contribution in [0.3, 0.4) is 0 Å². The van der Waals surface area contributed by atoms with Gasteiger partial charge in [-0.25, -0.2) is 5.90 Å². The van der Waals surface area contributed by atoms with Crippen LogP contribution in [-0.2, 0) is 9.57 Å². The van der Waals surface area contributed by atoms with Crippen molar-refractivity contribution in [2.45, 2.75) is 13.8 Å². The number of nitrogens with two attached hydrogens (primary N) is 1. The van der Waals surface area contributed by atoms with E-state index in [0.29, 0.717) is 6.61 Å². The molecule has 0 unspecified atom stereocenters. The molecule has 74 valence electrons. The molecule has 2 N–H and O–H groups in total. The van der Waals surface area contributed by atoms with Gasteiger partial charge in [0.2, 0.25) is 0 Å². The largest absolute Gasteiger partial charge is 0.379 e. The van der Waals surface area contributed by atoms with Crippen molar-refractivity contribution < 1.29 is 9.57 Å². The highest BCUT2D eigenvalue weighted by atomic mass is 16.6. The van der Waals surface area contributed by atoms with E-state index in [4.69, 9.17) is 10.6 Å². The zero-order chi connectivity index (χ0) is 9.23. The van der Waals surface area contributed by atoms with Crippen molar-refractivity contribution in [2.24, 2.45) is 5.90 Å². The zero-order valence-electron chi connectivity index (χ0n) is 8.08. The molecule has 1 aliphatic rings. The molecule has 1 heterocycles. The lowest BCUT2D eigenvalue weighted by molar-refractivity contribution is 0.0203. The molecule has 0 radical (unpaired) electrons. The molecule has 0 amide bonds. The summed E-state index contributed by atoms with van der Waals surface area (Å²) < 4.78 is 5.17. The summed E-state index contributed by atoms with van der Waals surface area (Å²) in [6.45, 7) is 9.21. The van der Waals surface area contributed by atoms with Gasteiger partial charge in [0.25, 0.3) is 0 Å². The number of rotatable bonds is 3. The molecule has 0 aromatic heterocycles. The van der Waals surface area contributed by atoms with Crippen molar-refractivity contribution in [1.29, 1.82) is 0 Å². The molecule has 0 aromatic rings. The van der Waals surface area contributed by atoms with E-state index in [2.05, 4.69) is 9.74 Å². The first-order valence-corrected chi connectivity index (χ1v) is 4.55. The Morgan fingerprint density at radius 3 is 2.42 bits per heavy atom. The van der Waals surface area contributed by atoms with E-state index in [1.807, 2.05) is 13.8 Å². The van der Waals surface area contributed by atoms with Crippen molar-refractivity contribution in [3.63, 3.8) is 0 Å². The van der Waals surface area contributed by atoms with Crippen molar-refractivity contribution in [2.75, 3.05) is 39.5 Å². The first-order valence-electron chi connectivity index (χ1n) is 4.55. The maximum Gasteiger partial charge on any atom is 0.0806 e. The predicted octanol–water partition coefficient (Wildman–Crippen LogP) is 0.235. The molecule has 1 fully saturated rings. The normalized spacial score (nSPS) is 18.2. The van der Waals surface area contributed by atoms with Gasteiger partial charge in [0.05, 0.1) is 19.8 Å². The van der Waals surface area contributed by atoms with Crippen LogP contribution in [0.25, 0.3) is 0 Å². The second kappa shape index (κ2) is 8.93. The van der Waals surface area contributed by atoms with Crippen LogP contribution in [0.1, 0.15) is 13.8 Å². The van der Waals surface area contributed by atoms with Gasteiger partial charge in [-0.3, -0.25) is 4.90 Å². The smallest absolute Gasteiger partial charge is 0.0806 e. The average Bonchev–Trinajstić information content (AvgIpc) is 2.19. The highest BCUT2D eigenvalue weighted by Crippen LogP contribution is 1.94. The van der Waals surface area contributed by atoms with Gasteiger partial charge in [-0.05, 0) is 0 Å². The predicted molar refractivity (Wildman–Crippen MR) is 48.7 cm³/mol. The summed E-state index contributed by atoms with van der Waals surface area (Å²) in [5.41, 5.74) is 0. The first-order chi connectivity index (χ1) is 5.93. The number of ether oxygens (including phenoxy) is 1. The Kier molecular flexibility index (Phi) is 8.81. The van der Waals surface area contributed by atoms with Crippen molar-refractivity contribution in [3.05, 3.63) is 0 Å². The molecule has 4 nitrogen and oxygen atoms in total. The lowest BCUT2D eigenvalue weighted by Crippen LogP contribution is -2.38. The summed E-state index contributed by atoms with van der Waals surface area (Å²) in [6.07, 6.45) is 0. The Morgan fingerprint density at radius 2 is 1.92 bits per heavy atom. The zero-order valence-corrected chi connectivity index (χ0v) is 8.08. The average molecular weight is 176 g/mol. The summed E-state index contributed by atoms with van der Waals surface area (Å²) >= 11 is 0. The fourth-order valence-corrected chi connectivity index (χ4v) is 1.01. The van der Waals surface area contributed by atoms with Crippen molar-refractivity contribution in [3.8, 4) is 0 Å². The fraction of sp³-hybridized carbons (Fsp3) is 1.00. The molecule has 0 spiro atoms. The third-order valence-corrected chi connectivity index (χ3v) is 1.63. The maximum absolute atomic E-state index is 5.17. The van der Waals surface area contributed by atoms with Gasteiger partial charge in [-0.1, -0.05) is 13.8 Å². The highest BCUT2D eigenvalue weighted by molar-refractivity contribution is 4.60. The van der Waals surface area contributed by atoms with Crippen molar-refractivity contribution >= 4 is 0 Å². The number of morpholine rings is 1. The molecule has 1 aliphatic heterocycles. The van der Waals surface area contributed by atoms with Crippen LogP contribution in [0.2, 0.25) is 0 Å². The Balaban J connectivity index is 0.000000561. The lowest BCUT2D eigenvalue weighted by atomic mass is 10.4. The van der Waals surface area contributed by atoms with Gasteiger partial charge < -0.3 is 9.57 Å². The van der Waals surface area contributed by atoms with Crippen LogP contribution in [0.15, 0.2) is 0 Å². The Morgan fingerprint density at radius 1 is 1.33 bits per heavy atom.